The van der Waals surface area contributed by atoms with Crippen LogP contribution < -0.4 is 10.5 Å². The van der Waals surface area contributed by atoms with Gasteiger partial charge < -0.3 is 15.6 Å². The quantitative estimate of drug-likeness (QED) is 0.192. The highest BCUT2D eigenvalue weighted by molar-refractivity contribution is 5.92. The van der Waals surface area contributed by atoms with Crippen molar-refractivity contribution in [2.75, 3.05) is 5.73 Å². The lowest BCUT2D eigenvalue weighted by Gasteiger charge is -2.11. The zero-order chi connectivity index (χ0) is 23.0. The Bertz CT molecular complexity index is 803. The molecule has 2 aromatic carbocycles. The standard InChI is InChI=1S/C28H41NO3/c1-2-3-4-5-6-7-8-9-10-11-12-13-14-16-23-17-15-18-25(21-23)32-27-20-19-24(29)22-26(27)28(30)31/h15,17-22H,2-14,16,29H2,1H3,(H,30,31). The van der Waals surface area contributed by atoms with Gasteiger partial charge in [-0.05, 0) is 48.7 Å². The smallest absolute Gasteiger partial charge is 0.339 e. The molecule has 0 aliphatic carbocycles. The third-order valence-electron chi connectivity index (χ3n) is 5.93. The van der Waals surface area contributed by atoms with Crippen molar-refractivity contribution < 1.29 is 14.6 Å². The number of nitrogen functional groups attached to an aromatic ring is 1. The van der Waals surface area contributed by atoms with Gasteiger partial charge in [0, 0.05) is 5.69 Å². The van der Waals surface area contributed by atoms with E-state index in [1.165, 1.54) is 95.1 Å². The molecule has 0 atom stereocenters. The van der Waals surface area contributed by atoms with Crippen LogP contribution in [0.5, 0.6) is 11.5 Å². The number of aromatic carboxylic acids is 1. The molecule has 0 spiro atoms. The molecule has 2 rings (SSSR count). The first-order valence-corrected chi connectivity index (χ1v) is 12.5. The van der Waals surface area contributed by atoms with Crippen LogP contribution in [0.25, 0.3) is 0 Å². The maximum Gasteiger partial charge on any atom is 0.339 e. The summed E-state index contributed by atoms with van der Waals surface area (Å²) < 4.78 is 5.85. The van der Waals surface area contributed by atoms with E-state index in [1.54, 1.807) is 12.1 Å². The van der Waals surface area contributed by atoms with Crippen molar-refractivity contribution in [3.63, 3.8) is 0 Å². The van der Waals surface area contributed by atoms with Gasteiger partial charge in [0.05, 0.1) is 0 Å². The van der Waals surface area contributed by atoms with Crippen molar-refractivity contribution in [3.8, 4) is 11.5 Å². The van der Waals surface area contributed by atoms with E-state index in [9.17, 15) is 9.90 Å². The molecule has 3 N–H and O–H groups in total. The Morgan fingerprint density at radius 1 is 0.812 bits per heavy atom. The van der Waals surface area contributed by atoms with Crippen LogP contribution in [0.4, 0.5) is 5.69 Å². The second-order valence-electron chi connectivity index (χ2n) is 8.80. The van der Waals surface area contributed by atoms with Gasteiger partial charge in [-0.2, -0.15) is 0 Å². The SMILES string of the molecule is CCCCCCCCCCCCCCCc1cccc(Oc2ccc(N)cc2C(=O)O)c1. The van der Waals surface area contributed by atoms with Gasteiger partial charge >= 0.3 is 5.97 Å². The minimum atomic E-state index is -1.05. The summed E-state index contributed by atoms with van der Waals surface area (Å²) in [4.78, 5) is 11.4. The fourth-order valence-electron chi connectivity index (χ4n) is 4.04. The summed E-state index contributed by atoms with van der Waals surface area (Å²) in [5.74, 6) is -0.0790. The molecule has 0 radical (unpaired) electrons. The van der Waals surface area contributed by atoms with Gasteiger partial charge in [0.25, 0.3) is 0 Å². The summed E-state index contributed by atoms with van der Waals surface area (Å²) in [7, 11) is 0. The Balaban J connectivity index is 1.62. The lowest BCUT2D eigenvalue weighted by Crippen LogP contribution is -2.01. The van der Waals surface area contributed by atoms with Gasteiger partial charge in [-0.25, -0.2) is 4.79 Å². The number of aryl methyl sites for hydroxylation is 1. The Kier molecular flexibility index (Phi) is 12.3. The molecule has 4 nitrogen and oxygen atoms in total. The average Bonchev–Trinajstić information content (AvgIpc) is 2.78. The van der Waals surface area contributed by atoms with Gasteiger partial charge in [0.2, 0.25) is 0 Å². The number of carbonyl (C=O) groups is 1. The number of rotatable bonds is 17. The topological polar surface area (TPSA) is 72.5 Å². The maximum atomic E-state index is 11.4. The molecule has 0 saturated carbocycles. The third kappa shape index (κ3) is 10.2. The molecule has 0 saturated heterocycles. The molecule has 0 amide bonds. The van der Waals surface area contributed by atoms with E-state index in [4.69, 9.17) is 10.5 Å². The number of anilines is 1. The maximum absolute atomic E-state index is 11.4. The Labute approximate surface area is 194 Å². The Morgan fingerprint density at radius 3 is 2.00 bits per heavy atom. The molecule has 176 valence electrons. The second kappa shape index (κ2) is 15.3. The number of ether oxygens (including phenoxy) is 1. The van der Waals surface area contributed by atoms with Gasteiger partial charge in [-0.3, -0.25) is 0 Å². The van der Waals surface area contributed by atoms with Crippen LogP contribution in [-0.2, 0) is 6.42 Å². The minimum absolute atomic E-state index is 0.0758. The van der Waals surface area contributed by atoms with E-state index < -0.39 is 5.97 Å². The molecule has 2 aromatic rings. The predicted molar refractivity (Wildman–Crippen MR) is 134 cm³/mol. The van der Waals surface area contributed by atoms with Crippen LogP contribution in [0.3, 0.4) is 0 Å². The molecule has 4 heteroatoms. The third-order valence-corrected chi connectivity index (χ3v) is 5.93. The first-order valence-electron chi connectivity index (χ1n) is 12.5. The predicted octanol–water partition coefficient (Wildman–Crippen LogP) is 8.39. The fraction of sp³-hybridized carbons (Fsp3) is 0.536. The highest BCUT2D eigenvalue weighted by atomic mass is 16.5. The zero-order valence-electron chi connectivity index (χ0n) is 19.8. The first kappa shape index (κ1) is 25.8. The number of unbranched alkanes of at least 4 members (excludes halogenated alkanes) is 12. The lowest BCUT2D eigenvalue weighted by atomic mass is 10.0. The van der Waals surface area contributed by atoms with E-state index in [0.29, 0.717) is 17.2 Å². The summed E-state index contributed by atoms with van der Waals surface area (Å²) in [6.07, 6.45) is 18.6. The monoisotopic (exact) mass is 439 g/mol. The summed E-state index contributed by atoms with van der Waals surface area (Å²) in [6.45, 7) is 2.27. The van der Waals surface area contributed by atoms with Crippen LogP contribution in [-0.4, -0.2) is 11.1 Å². The summed E-state index contributed by atoms with van der Waals surface area (Å²) in [5, 5.41) is 9.37. The number of hydrogen-bond donors (Lipinski definition) is 2. The fourth-order valence-corrected chi connectivity index (χ4v) is 4.04. The highest BCUT2D eigenvalue weighted by Gasteiger charge is 2.12. The number of benzene rings is 2. The number of nitrogens with two attached hydrogens (primary N) is 1. The van der Waals surface area contributed by atoms with Crippen molar-refractivity contribution in [2.45, 2.75) is 96.8 Å². The Hall–Kier alpha value is -2.49. The largest absolute Gasteiger partial charge is 0.478 e. The van der Waals surface area contributed by atoms with Gasteiger partial charge in [-0.15, -0.1) is 0 Å². The van der Waals surface area contributed by atoms with E-state index in [1.807, 2.05) is 18.2 Å². The van der Waals surface area contributed by atoms with Gasteiger partial charge in [0.15, 0.2) is 0 Å². The van der Waals surface area contributed by atoms with Gasteiger partial charge in [-0.1, -0.05) is 96.1 Å². The van der Waals surface area contributed by atoms with E-state index in [2.05, 4.69) is 13.0 Å². The van der Waals surface area contributed by atoms with E-state index in [-0.39, 0.29) is 5.56 Å². The number of carboxylic acids is 1. The van der Waals surface area contributed by atoms with Gasteiger partial charge in [0.1, 0.15) is 17.1 Å². The van der Waals surface area contributed by atoms with Crippen LogP contribution in [0.2, 0.25) is 0 Å². The van der Waals surface area contributed by atoms with Crippen molar-refractivity contribution in [3.05, 3.63) is 53.6 Å². The molecule has 0 fully saturated rings. The van der Waals surface area contributed by atoms with Crippen LogP contribution in [0, 0.1) is 0 Å². The highest BCUT2D eigenvalue weighted by Crippen LogP contribution is 2.28. The molecule has 0 aromatic heterocycles. The minimum Gasteiger partial charge on any atom is -0.478 e. The van der Waals surface area contributed by atoms with Crippen molar-refractivity contribution >= 4 is 11.7 Å². The normalized spacial score (nSPS) is 10.9. The molecule has 0 aliphatic heterocycles. The second-order valence-corrected chi connectivity index (χ2v) is 8.80. The first-order chi connectivity index (χ1) is 15.6. The van der Waals surface area contributed by atoms with Crippen LogP contribution in [0.15, 0.2) is 42.5 Å². The molecular weight excluding hydrogens is 398 g/mol. The van der Waals surface area contributed by atoms with Crippen LogP contribution >= 0.6 is 0 Å². The summed E-state index contributed by atoms with van der Waals surface area (Å²) in [5.41, 5.74) is 7.41. The number of hydrogen-bond acceptors (Lipinski definition) is 3. The molecule has 0 bridgehead atoms. The Morgan fingerprint density at radius 2 is 1.41 bits per heavy atom. The van der Waals surface area contributed by atoms with E-state index in [0.717, 1.165) is 6.42 Å². The average molecular weight is 440 g/mol. The van der Waals surface area contributed by atoms with Crippen molar-refractivity contribution in [1.29, 1.82) is 0 Å². The molecule has 0 heterocycles. The van der Waals surface area contributed by atoms with Crippen molar-refractivity contribution in [1.82, 2.24) is 0 Å². The number of carboxylic acid groups (broad SMARTS) is 1. The molecule has 32 heavy (non-hydrogen) atoms. The molecule has 0 aliphatic rings. The summed E-state index contributed by atoms with van der Waals surface area (Å²) in [6, 6.07) is 12.6. The molecule has 0 unspecified atom stereocenters. The molecular formula is C28H41NO3. The summed E-state index contributed by atoms with van der Waals surface area (Å²) >= 11 is 0. The van der Waals surface area contributed by atoms with E-state index >= 15 is 0 Å². The zero-order valence-corrected chi connectivity index (χ0v) is 19.8. The van der Waals surface area contributed by atoms with Crippen molar-refractivity contribution in [2.24, 2.45) is 0 Å². The lowest BCUT2D eigenvalue weighted by molar-refractivity contribution is 0.0694. The van der Waals surface area contributed by atoms with Crippen LogP contribution in [0.1, 0.15) is 106 Å².